The molecule has 2 aromatic rings. The van der Waals surface area contributed by atoms with Gasteiger partial charge in [-0.3, -0.25) is 4.79 Å². The Morgan fingerprint density at radius 3 is 2.00 bits per heavy atom. The zero-order chi connectivity index (χ0) is 26.4. The molecule has 2 aliphatic heterocycles. The molecule has 2 heterocycles. The number of carbonyl (C=O) groups is 3. The van der Waals surface area contributed by atoms with Crippen LogP contribution in [0.4, 0.5) is 11.4 Å². The van der Waals surface area contributed by atoms with Crippen molar-refractivity contribution in [1.29, 1.82) is 0 Å². The lowest BCUT2D eigenvalue weighted by Gasteiger charge is -2.36. The maximum Gasteiger partial charge on any atom is 0.355 e. The Labute approximate surface area is 217 Å². The first-order valence-corrected chi connectivity index (χ1v) is 12.2. The lowest BCUT2D eigenvalue weighted by molar-refractivity contribution is -0.139. The Morgan fingerprint density at radius 1 is 0.784 bits per heavy atom. The average Bonchev–Trinajstić information content (AvgIpc) is 3.19. The average molecular weight is 502 g/mol. The fourth-order valence-corrected chi connectivity index (χ4v) is 4.42. The summed E-state index contributed by atoms with van der Waals surface area (Å²) in [7, 11) is 2.54. The Hall–Kier alpha value is -4.33. The molecule has 0 atom stereocenters. The molecule has 0 N–H and O–H groups in total. The van der Waals surface area contributed by atoms with E-state index in [-0.39, 0.29) is 17.2 Å². The molecule has 0 spiro atoms. The van der Waals surface area contributed by atoms with Crippen LogP contribution in [0, 0.1) is 0 Å². The SMILES string of the molecule is CCc1ccc(C(=O)N2CCN(c3ccc(N4C=CC=CC(C(=O)OC)=C4C(=O)OC)cc3)CC2)cc1. The second-order valence-corrected chi connectivity index (χ2v) is 8.66. The molecule has 0 aliphatic carbocycles. The Bertz CT molecular complexity index is 1240. The van der Waals surface area contributed by atoms with Crippen LogP contribution >= 0.6 is 0 Å². The zero-order valence-electron chi connectivity index (χ0n) is 21.3. The van der Waals surface area contributed by atoms with E-state index in [2.05, 4.69) is 11.8 Å². The predicted octanol–water partition coefficient (Wildman–Crippen LogP) is 3.70. The number of rotatable bonds is 6. The van der Waals surface area contributed by atoms with Crippen LogP contribution in [0.15, 0.2) is 84.2 Å². The van der Waals surface area contributed by atoms with Gasteiger partial charge in [0.15, 0.2) is 0 Å². The molecule has 1 fully saturated rings. The third-order valence-corrected chi connectivity index (χ3v) is 6.56. The van der Waals surface area contributed by atoms with E-state index in [9.17, 15) is 14.4 Å². The molecule has 192 valence electrons. The minimum absolute atomic E-state index is 0.0581. The summed E-state index contributed by atoms with van der Waals surface area (Å²) in [6, 6.07) is 15.5. The minimum atomic E-state index is -0.647. The van der Waals surface area contributed by atoms with Gasteiger partial charge in [-0.2, -0.15) is 0 Å². The van der Waals surface area contributed by atoms with Crippen molar-refractivity contribution < 1.29 is 23.9 Å². The molecule has 37 heavy (non-hydrogen) atoms. The van der Waals surface area contributed by atoms with Gasteiger partial charge in [0.2, 0.25) is 0 Å². The van der Waals surface area contributed by atoms with E-state index in [4.69, 9.17) is 9.47 Å². The minimum Gasteiger partial charge on any atom is -0.465 e. The number of methoxy groups -OCH3 is 2. The van der Waals surface area contributed by atoms with Gasteiger partial charge in [-0.1, -0.05) is 25.1 Å². The van der Waals surface area contributed by atoms with Gasteiger partial charge in [-0.15, -0.1) is 0 Å². The van der Waals surface area contributed by atoms with Gasteiger partial charge in [-0.25, -0.2) is 9.59 Å². The van der Waals surface area contributed by atoms with E-state index in [1.54, 1.807) is 23.3 Å². The number of ether oxygens (including phenoxy) is 2. The van der Waals surface area contributed by atoms with Crippen LogP contribution in [0.3, 0.4) is 0 Å². The summed E-state index contributed by atoms with van der Waals surface area (Å²) < 4.78 is 9.83. The summed E-state index contributed by atoms with van der Waals surface area (Å²) in [5, 5.41) is 0. The van der Waals surface area contributed by atoms with Crippen LogP contribution in [0.25, 0.3) is 0 Å². The van der Waals surface area contributed by atoms with Crippen LogP contribution in [0.1, 0.15) is 22.8 Å². The van der Waals surface area contributed by atoms with Gasteiger partial charge >= 0.3 is 11.9 Å². The van der Waals surface area contributed by atoms with Crippen LogP contribution in [0.2, 0.25) is 0 Å². The third-order valence-electron chi connectivity index (χ3n) is 6.56. The number of esters is 2. The van der Waals surface area contributed by atoms with Gasteiger partial charge in [-0.05, 0) is 60.5 Å². The standard InChI is InChI=1S/C29H31N3O5/c1-4-21-8-10-22(11-9-21)27(33)31-19-17-30(18-20-31)23-12-14-24(15-13-23)32-16-6-5-7-25(28(34)36-2)26(32)29(35)37-3/h5-16H,4,17-20H2,1-3H3. The monoisotopic (exact) mass is 501 g/mol. The summed E-state index contributed by atoms with van der Waals surface area (Å²) >= 11 is 0. The van der Waals surface area contributed by atoms with Gasteiger partial charge in [0.05, 0.1) is 19.8 Å². The molecule has 0 bridgehead atoms. The molecule has 8 heteroatoms. The van der Waals surface area contributed by atoms with E-state index in [1.807, 2.05) is 53.4 Å². The molecule has 0 radical (unpaired) electrons. The first-order chi connectivity index (χ1) is 18.0. The van der Waals surface area contributed by atoms with Crippen molar-refractivity contribution in [3.05, 3.63) is 95.4 Å². The highest BCUT2D eigenvalue weighted by molar-refractivity contribution is 6.05. The van der Waals surface area contributed by atoms with Gasteiger partial charge in [0.1, 0.15) is 5.70 Å². The maximum absolute atomic E-state index is 12.9. The summed E-state index contributed by atoms with van der Waals surface area (Å²) in [6.45, 7) is 4.79. The topological polar surface area (TPSA) is 79.4 Å². The largest absolute Gasteiger partial charge is 0.465 e. The molecule has 0 aromatic heterocycles. The van der Waals surface area contributed by atoms with Crippen molar-refractivity contribution in [2.45, 2.75) is 13.3 Å². The highest BCUT2D eigenvalue weighted by Crippen LogP contribution is 2.28. The molecule has 0 unspecified atom stereocenters. The molecular formula is C29H31N3O5. The normalized spacial score (nSPS) is 15.5. The first kappa shape index (κ1) is 25.8. The predicted molar refractivity (Wildman–Crippen MR) is 142 cm³/mol. The van der Waals surface area contributed by atoms with Crippen LogP contribution in [0.5, 0.6) is 0 Å². The summed E-state index contributed by atoms with van der Waals surface area (Å²) in [4.78, 5) is 43.6. The molecule has 0 saturated carbocycles. The Balaban J connectivity index is 1.47. The summed E-state index contributed by atoms with van der Waals surface area (Å²) in [5.41, 5.74) is 3.81. The number of hydrogen-bond acceptors (Lipinski definition) is 7. The molecule has 2 aromatic carbocycles. The molecule has 4 rings (SSSR count). The molecular weight excluding hydrogens is 470 g/mol. The number of carbonyl (C=O) groups excluding carboxylic acids is 3. The Kier molecular flexibility index (Phi) is 8.08. The van der Waals surface area contributed by atoms with Crippen molar-refractivity contribution in [3.8, 4) is 0 Å². The van der Waals surface area contributed by atoms with Gasteiger partial charge in [0.25, 0.3) is 5.91 Å². The van der Waals surface area contributed by atoms with Gasteiger partial charge < -0.3 is 24.2 Å². The van der Waals surface area contributed by atoms with Crippen molar-refractivity contribution in [2.24, 2.45) is 0 Å². The van der Waals surface area contributed by atoms with Crippen molar-refractivity contribution >= 4 is 29.2 Å². The van der Waals surface area contributed by atoms with Crippen LogP contribution in [-0.4, -0.2) is 63.1 Å². The molecule has 8 nitrogen and oxygen atoms in total. The number of piperazine rings is 1. The fraction of sp³-hybridized carbons (Fsp3) is 0.276. The third kappa shape index (κ3) is 5.58. The lowest BCUT2D eigenvalue weighted by atomic mass is 10.1. The molecule has 1 saturated heterocycles. The number of anilines is 2. The summed E-state index contributed by atoms with van der Waals surface area (Å²) in [6.07, 6.45) is 7.58. The van der Waals surface area contributed by atoms with Crippen LogP contribution in [-0.2, 0) is 25.5 Å². The number of allylic oxidation sites excluding steroid dienone is 2. The second-order valence-electron chi connectivity index (χ2n) is 8.66. The zero-order valence-corrected chi connectivity index (χ0v) is 21.3. The van der Waals surface area contributed by atoms with Crippen molar-refractivity contribution in [1.82, 2.24) is 4.90 Å². The molecule has 1 amide bonds. The van der Waals surface area contributed by atoms with E-state index in [0.717, 1.165) is 17.7 Å². The number of hydrogen-bond donors (Lipinski definition) is 0. The van der Waals surface area contributed by atoms with Crippen LogP contribution < -0.4 is 9.80 Å². The van der Waals surface area contributed by atoms with Gasteiger partial charge in [0, 0.05) is 49.3 Å². The van der Waals surface area contributed by atoms with E-state index in [0.29, 0.717) is 31.9 Å². The fourth-order valence-electron chi connectivity index (χ4n) is 4.42. The van der Waals surface area contributed by atoms with E-state index >= 15 is 0 Å². The summed E-state index contributed by atoms with van der Waals surface area (Å²) in [5.74, 6) is -1.22. The number of aryl methyl sites for hydroxylation is 1. The highest BCUT2D eigenvalue weighted by Gasteiger charge is 2.28. The van der Waals surface area contributed by atoms with Crippen molar-refractivity contribution in [3.63, 3.8) is 0 Å². The number of nitrogens with zero attached hydrogens (tertiary/aromatic N) is 3. The maximum atomic E-state index is 12.9. The lowest BCUT2D eigenvalue weighted by Crippen LogP contribution is -2.48. The second kappa shape index (κ2) is 11.6. The number of benzene rings is 2. The quantitative estimate of drug-likeness (QED) is 0.559. The highest BCUT2D eigenvalue weighted by atomic mass is 16.5. The first-order valence-electron chi connectivity index (χ1n) is 12.2. The number of amides is 1. The molecule has 2 aliphatic rings. The van der Waals surface area contributed by atoms with E-state index < -0.39 is 11.9 Å². The van der Waals surface area contributed by atoms with Crippen molar-refractivity contribution in [2.75, 3.05) is 50.2 Å². The smallest absolute Gasteiger partial charge is 0.355 e. The Morgan fingerprint density at radius 2 is 1.41 bits per heavy atom. The van der Waals surface area contributed by atoms with E-state index in [1.165, 1.54) is 25.9 Å².